The highest BCUT2D eigenvalue weighted by molar-refractivity contribution is 9.10. The number of benzene rings is 3. The molecule has 30 heavy (non-hydrogen) atoms. The number of esters is 1. The molecule has 0 saturated carbocycles. The molecule has 0 spiro atoms. The fourth-order valence-corrected chi connectivity index (χ4v) is 4.42. The highest BCUT2D eigenvalue weighted by Crippen LogP contribution is 2.44. The van der Waals surface area contributed by atoms with Gasteiger partial charge in [0.2, 0.25) is 0 Å². The Kier molecular flexibility index (Phi) is 5.45. The van der Waals surface area contributed by atoms with Crippen molar-refractivity contribution in [2.75, 3.05) is 6.61 Å². The number of carbonyl (C=O) groups excluding carboxylic acids is 1. The van der Waals surface area contributed by atoms with Gasteiger partial charge in [-0.3, -0.25) is 4.79 Å². The third kappa shape index (κ3) is 3.64. The van der Waals surface area contributed by atoms with Crippen molar-refractivity contribution in [2.45, 2.75) is 17.9 Å². The molecule has 1 aliphatic rings. The summed E-state index contributed by atoms with van der Waals surface area (Å²) in [5.41, 5.74) is 9.32. The molecule has 1 atom stereocenters. The van der Waals surface area contributed by atoms with E-state index >= 15 is 0 Å². The zero-order valence-electron chi connectivity index (χ0n) is 16.0. The van der Waals surface area contributed by atoms with Crippen LogP contribution in [0.2, 0.25) is 0 Å². The Hall–Kier alpha value is -2.96. The van der Waals surface area contributed by atoms with E-state index in [0.717, 1.165) is 22.3 Å². The number of ether oxygens (including phenoxy) is 1. The first-order chi connectivity index (χ1) is 14.4. The molecule has 3 N–H and O–H groups in total. The third-order valence-corrected chi connectivity index (χ3v) is 5.97. The van der Waals surface area contributed by atoms with E-state index < -0.39 is 23.9 Å². The lowest BCUT2D eigenvalue weighted by Gasteiger charge is -2.27. The molecule has 0 aliphatic heterocycles. The summed E-state index contributed by atoms with van der Waals surface area (Å²) in [6.07, 6.45) is -0.569. The van der Waals surface area contributed by atoms with Crippen LogP contribution in [0.3, 0.4) is 0 Å². The second-order valence-electron chi connectivity index (χ2n) is 7.38. The van der Waals surface area contributed by atoms with E-state index in [2.05, 4.69) is 28.1 Å². The van der Waals surface area contributed by atoms with Crippen LogP contribution in [0, 0.1) is 0 Å². The highest BCUT2D eigenvalue weighted by atomic mass is 79.9. The van der Waals surface area contributed by atoms with Crippen LogP contribution in [-0.4, -0.2) is 23.7 Å². The molecule has 5 nitrogen and oxygen atoms in total. The van der Waals surface area contributed by atoms with Crippen LogP contribution in [0.4, 0.5) is 0 Å². The number of nitrogens with two attached hydrogens (primary N) is 1. The minimum atomic E-state index is -1.78. The molecule has 0 fully saturated rings. The van der Waals surface area contributed by atoms with E-state index in [0.29, 0.717) is 10.0 Å². The summed E-state index contributed by atoms with van der Waals surface area (Å²) < 4.78 is 6.36. The van der Waals surface area contributed by atoms with Crippen LogP contribution >= 0.6 is 15.9 Å². The number of fused-ring (bicyclic) bond motifs is 3. The number of aliphatic carboxylic acids is 1. The van der Waals surface area contributed by atoms with Crippen molar-refractivity contribution in [3.63, 3.8) is 0 Å². The second kappa shape index (κ2) is 8.05. The molecule has 0 amide bonds. The highest BCUT2D eigenvalue weighted by Gasteiger charge is 2.41. The fourth-order valence-electron chi connectivity index (χ4n) is 4.02. The van der Waals surface area contributed by atoms with E-state index in [9.17, 15) is 14.7 Å². The summed E-state index contributed by atoms with van der Waals surface area (Å²) in [4.78, 5) is 24.5. The van der Waals surface area contributed by atoms with Crippen molar-refractivity contribution in [3.05, 3.63) is 94.0 Å². The van der Waals surface area contributed by atoms with Crippen LogP contribution in [-0.2, 0) is 19.9 Å². The summed E-state index contributed by atoms with van der Waals surface area (Å²) in [6, 6.07) is 22.8. The van der Waals surface area contributed by atoms with Crippen molar-refractivity contribution < 1.29 is 19.4 Å². The zero-order valence-corrected chi connectivity index (χ0v) is 17.6. The topological polar surface area (TPSA) is 89.6 Å². The van der Waals surface area contributed by atoms with Gasteiger partial charge in [0.1, 0.15) is 6.61 Å². The standard InChI is InChI=1S/C24H20BrNO4/c25-16-7-5-6-15(12-16)24(26,13-22(27)28)23(29)30-14-21-19-10-3-1-8-17(19)18-9-2-4-11-20(18)21/h1-12,21H,13-14,26H2,(H,27,28)/t24-/m0/s1. The Labute approximate surface area is 182 Å². The van der Waals surface area contributed by atoms with Crippen molar-refractivity contribution in [3.8, 4) is 11.1 Å². The second-order valence-corrected chi connectivity index (χ2v) is 8.29. The molecule has 0 unspecified atom stereocenters. The quantitative estimate of drug-likeness (QED) is 0.525. The van der Waals surface area contributed by atoms with Crippen molar-refractivity contribution >= 4 is 27.9 Å². The average Bonchev–Trinajstić information content (AvgIpc) is 3.05. The lowest BCUT2D eigenvalue weighted by atomic mass is 9.87. The zero-order chi connectivity index (χ0) is 21.3. The Morgan fingerprint density at radius 2 is 1.57 bits per heavy atom. The van der Waals surface area contributed by atoms with E-state index in [1.165, 1.54) is 0 Å². The number of rotatable bonds is 6. The third-order valence-electron chi connectivity index (χ3n) is 5.48. The Bertz CT molecular complexity index is 1080. The van der Waals surface area contributed by atoms with E-state index in [1.807, 2.05) is 36.4 Å². The summed E-state index contributed by atoms with van der Waals surface area (Å²) in [6.45, 7) is 0.0828. The molecule has 3 aromatic carbocycles. The maximum atomic E-state index is 13.1. The summed E-state index contributed by atoms with van der Waals surface area (Å²) in [5, 5.41) is 9.37. The van der Waals surface area contributed by atoms with Crippen molar-refractivity contribution in [1.29, 1.82) is 0 Å². The predicted octanol–water partition coefficient (Wildman–Crippen LogP) is 4.43. The van der Waals surface area contributed by atoms with Gasteiger partial charge in [-0.25, -0.2) is 4.79 Å². The fraction of sp³-hybridized carbons (Fsp3) is 0.167. The minimum absolute atomic E-state index is 0.0828. The predicted molar refractivity (Wildman–Crippen MR) is 117 cm³/mol. The smallest absolute Gasteiger partial charge is 0.331 e. The monoisotopic (exact) mass is 465 g/mol. The Morgan fingerprint density at radius 3 is 2.13 bits per heavy atom. The summed E-state index contributed by atoms with van der Waals surface area (Å²) in [7, 11) is 0. The van der Waals surface area contributed by atoms with Gasteiger partial charge < -0.3 is 15.6 Å². The summed E-state index contributed by atoms with van der Waals surface area (Å²) in [5.74, 6) is -2.06. The van der Waals surface area contributed by atoms with Gasteiger partial charge in [0.25, 0.3) is 0 Å². The maximum Gasteiger partial charge on any atom is 0.331 e. The van der Waals surface area contributed by atoms with Gasteiger partial charge in [-0.1, -0.05) is 76.6 Å². The van der Waals surface area contributed by atoms with Crippen molar-refractivity contribution in [1.82, 2.24) is 0 Å². The molecule has 4 rings (SSSR count). The van der Waals surface area contributed by atoms with E-state index in [4.69, 9.17) is 10.5 Å². The van der Waals surface area contributed by atoms with Crippen LogP contribution in [0.5, 0.6) is 0 Å². The number of hydrogen-bond donors (Lipinski definition) is 2. The van der Waals surface area contributed by atoms with Crippen LogP contribution in [0.15, 0.2) is 77.3 Å². The molecule has 0 aromatic heterocycles. The molecule has 6 heteroatoms. The number of carboxylic acids is 1. The maximum absolute atomic E-state index is 13.1. The first kappa shape index (κ1) is 20.3. The van der Waals surface area contributed by atoms with Crippen LogP contribution in [0.25, 0.3) is 11.1 Å². The van der Waals surface area contributed by atoms with Gasteiger partial charge in [0.15, 0.2) is 5.54 Å². The molecule has 0 bridgehead atoms. The van der Waals surface area contributed by atoms with Gasteiger partial charge in [-0.05, 0) is 39.9 Å². The summed E-state index contributed by atoms with van der Waals surface area (Å²) >= 11 is 3.34. The van der Waals surface area contributed by atoms with Crippen molar-refractivity contribution in [2.24, 2.45) is 5.73 Å². The molecule has 3 aromatic rings. The number of hydrogen-bond acceptors (Lipinski definition) is 4. The van der Waals surface area contributed by atoms with E-state index in [-0.39, 0.29) is 12.5 Å². The normalized spacial score (nSPS) is 14.5. The van der Waals surface area contributed by atoms with Crippen LogP contribution in [0.1, 0.15) is 29.0 Å². The van der Waals surface area contributed by atoms with Gasteiger partial charge in [-0.15, -0.1) is 0 Å². The largest absolute Gasteiger partial charge is 0.481 e. The first-order valence-electron chi connectivity index (χ1n) is 9.52. The lowest BCUT2D eigenvalue weighted by Crippen LogP contribution is -2.48. The van der Waals surface area contributed by atoms with Gasteiger partial charge in [0.05, 0.1) is 6.42 Å². The SMILES string of the molecule is N[C@](CC(=O)O)(C(=O)OCC1c2ccccc2-c2ccccc21)c1cccc(Br)c1. The number of carbonyl (C=O) groups is 2. The van der Waals surface area contributed by atoms with Gasteiger partial charge in [0, 0.05) is 10.4 Å². The van der Waals surface area contributed by atoms with Gasteiger partial charge in [-0.2, -0.15) is 0 Å². The average molecular weight is 466 g/mol. The number of halogens is 1. The number of carboxylic acid groups (broad SMARTS) is 1. The molecule has 1 aliphatic carbocycles. The lowest BCUT2D eigenvalue weighted by molar-refractivity contribution is -0.155. The van der Waals surface area contributed by atoms with E-state index in [1.54, 1.807) is 24.3 Å². The molecule has 152 valence electrons. The van der Waals surface area contributed by atoms with Crippen LogP contribution < -0.4 is 5.73 Å². The first-order valence-corrected chi connectivity index (χ1v) is 10.3. The minimum Gasteiger partial charge on any atom is -0.481 e. The molecule has 0 saturated heterocycles. The molecule has 0 heterocycles. The molecule has 0 radical (unpaired) electrons. The molecular weight excluding hydrogens is 446 g/mol. The van der Waals surface area contributed by atoms with Gasteiger partial charge >= 0.3 is 11.9 Å². The Balaban J connectivity index is 1.62. The molecular formula is C24H20BrNO4. The Morgan fingerprint density at radius 1 is 0.967 bits per heavy atom.